The summed E-state index contributed by atoms with van der Waals surface area (Å²) in [7, 11) is 0. The lowest BCUT2D eigenvalue weighted by Gasteiger charge is -2.12. The van der Waals surface area contributed by atoms with Crippen molar-refractivity contribution in [2.45, 2.75) is 51.2 Å². The average molecular weight is 529 g/mol. The largest absolute Gasteiger partial charge is 0.378 e. The number of hydrogen-bond donors (Lipinski definition) is 2. The van der Waals surface area contributed by atoms with E-state index in [4.69, 9.17) is 0 Å². The van der Waals surface area contributed by atoms with Crippen LogP contribution in [-0.2, 0) is 24.2 Å². The summed E-state index contributed by atoms with van der Waals surface area (Å²) in [6, 6.07) is 18.7. The Hall–Kier alpha value is -3.61. The highest BCUT2D eigenvalue weighted by atomic mass is 32.2. The lowest BCUT2D eigenvalue weighted by Crippen LogP contribution is -2.15. The maximum absolute atomic E-state index is 12.9. The molecule has 0 aliphatic heterocycles. The Balaban J connectivity index is 1.32. The Kier molecular flexibility index (Phi) is 7.58. The molecule has 0 saturated carbocycles. The SMILES string of the molecule is Cc1ccc(NCc2nnc(SCC(=O)Nc3sc4c(c3C#N)CCCC4)n2-c2ccc(C)cc2)cc1. The predicted octanol–water partition coefficient (Wildman–Crippen LogP) is 6.04. The Morgan fingerprint density at radius 1 is 1.05 bits per heavy atom. The fourth-order valence-electron chi connectivity index (χ4n) is 4.38. The Labute approximate surface area is 224 Å². The third-order valence-corrected chi connectivity index (χ3v) is 8.50. The van der Waals surface area contributed by atoms with Crippen LogP contribution in [0.4, 0.5) is 10.7 Å². The van der Waals surface area contributed by atoms with Crippen LogP contribution >= 0.6 is 23.1 Å². The number of nitrogens with one attached hydrogen (secondary N) is 2. The topological polar surface area (TPSA) is 95.6 Å². The molecule has 0 unspecified atom stereocenters. The Bertz CT molecular complexity index is 1450. The Morgan fingerprint density at radius 3 is 2.49 bits per heavy atom. The minimum atomic E-state index is -0.155. The lowest BCUT2D eigenvalue weighted by atomic mass is 9.96. The molecule has 0 radical (unpaired) electrons. The third kappa shape index (κ3) is 5.71. The van der Waals surface area contributed by atoms with Gasteiger partial charge in [-0.3, -0.25) is 9.36 Å². The third-order valence-electron chi connectivity index (χ3n) is 6.36. The van der Waals surface area contributed by atoms with E-state index in [2.05, 4.69) is 58.1 Å². The highest BCUT2D eigenvalue weighted by Crippen LogP contribution is 2.37. The number of aryl methyl sites for hydroxylation is 3. The Morgan fingerprint density at radius 2 is 1.76 bits per heavy atom. The minimum Gasteiger partial charge on any atom is -0.378 e. The standard InChI is InChI=1S/C28H28N6OS2/c1-18-7-11-20(12-8-18)30-16-25-32-33-28(34(25)21-13-9-19(2)10-14-21)36-17-26(35)31-27-23(15-29)22-5-3-4-6-24(22)37-27/h7-14,30H,3-6,16-17H2,1-2H3,(H,31,35). The first-order valence-corrected chi connectivity index (χ1v) is 14.1. The molecule has 0 bridgehead atoms. The van der Waals surface area contributed by atoms with Crippen LogP contribution in [0.1, 0.15) is 45.8 Å². The van der Waals surface area contributed by atoms with Gasteiger partial charge >= 0.3 is 0 Å². The fourth-order valence-corrected chi connectivity index (χ4v) is 6.41. The first kappa shape index (κ1) is 25.1. The summed E-state index contributed by atoms with van der Waals surface area (Å²) in [5, 5.41) is 26.2. The molecule has 0 atom stereocenters. The maximum Gasteiger partial charge on any atom is 0.235 e. The number of thioether (sulfide) groups is 1. The van der Waals surface area contributed by atoms with Crippen molar-refractivity contribution >= 4 is 39.7 Å². The summed E-state index contributed by atoms with van der Waals surface area (Å²) in [5.74, 6) is 0.769. The number of amides is 1. The van der Waals surface area contributed by atoms with Gasteiger partial charge in [-0.05, 0) is 69.4 Å². The van der Waals surface area contributed by atoms with Crippen molar-refractivity contribution in [2.24, 2.45) is 0 Å². The van der Waals surface area contributed by atoms with E-state index in [1.165, 1.54) is 22.2 Å². The number of anilines is 2. The monoisotopic (exact) mass is 528 g/mol. The molecule has 0 fully saturated rings. The molecule has 1 aliphatic carbocycles. The highest BCUT2D eigenvalue weighted by Gasteiger charge is 2.22. The molecule has 2 heterocycles. The number of aromatic nitrogens is 3. The van der Waals surface area contributed by atoms with Crippen molar-refractivity contribution in [3.63, 3.8) is 0 Å². The number of nitriles is 1. The summed E-state index contributed by atoms with van der Waals surface area (Å²) >= 11 is 2.88. The molecular formula is C28H28N6OS2. The van der Waals surface area contributed by atoms with E-state index in [0.717, 1.165) is 54.0 Å². The van der Waals surface area contributed by atoms with E-state index in [-0.39, 0.29) is 11.7 Å². The van der Waals surface area contributed by atoms with Gasteiger partial charge in [0.05, 0.1) is 17.9 Å². The number of fused-ring (bicyclic) bond motifs is 1. The molecule has 0 spiro atoms. The summed E-state index contributed by atoms with van der Waals surface area (Å²) in [4.78, 5) is 14.1. The number of rotatable bonds is 8. The van der Waals surface area contributed by atoms with Crippen LogP contribution in [0.3, 0.4) is 0 Å². The van der Waals surface area contributed by atoms with Gasteiger partial charge in [0.15, 0.2) is 11.0 Å². The zero-order valence-corrected chi connectivity index (χ0v) is 22.5. The van der Waals surface area contributed by atoms with Gasteiger partial charge in [-0.25, -0.2) is 0 Å². The van der Waals surface area contributed by atoms with Crippen LogP contribution in [0.15, 0.2) is 53.7 Å². The average Bonchev–Trinajstić information content (AvgIpc) is 3.48. The molecule has 1 aliphatic rings. The summed E-state index contributed by atoms with van der Waals surface area (Å²) in [5.41, 5.74) is 6.06. The van der Waals surface area contributed by atoms with Crippen molar-refractivity contribution in [1.82, 2.24) is 14.8 Å². The molecule has 37 heavy (non-hydrogen) atoms. The van der Waals surface area contributed by atoms with Crippen LogP contribution in [0.25, 0.3) is 5.69 Å². The van der Waals surface area contributed by atoms with Gasteiger partial charge in [-0.15, -0.1) is 21.5 Å². The van der Waals surface area contributed by atoms with Gasteiger partial charge in [-0.2, -0.15) is 5.26 Å². The molecule has 188 valence electrons. The van der Waals surface area contributed by atoms with E-state index in [1.807, 2.05) is 35.8 Å². The second-order valence-electron chi connectivity index (χ2n) is 9.15. The molecule has 9 heteroatoms. The normalized spacial score (nSPS) is 12.6. The minimum absolute atomic E-state index is 0.155. The van der Waals surface area contributed by atoms with Crippen molar-refractivity contribution < 1.29 is 4.79 Å². The number of carbonyl (C=O) groups is 1. The summed E-state index contributed by atoms with van der Waals surface area (Å²) < 4.78 is 1.99. The van der Waals surface area contributed by atoms with E-state index in [0.29, 0.717) is 22.3 Å². The number of nitrogens with zero attached hydrogens (tertiary/aromatic N) is 4. The molecule has 5 rings (SSSR count). The van der Waals surface area contributed by atoms with E-state index in [1.54, 1.807) is 11.3 Å². The molecule has 0 saturated heterocycles. The second-order valence-corrected chi connectivity index (χ2v) is 11.2. The predicted molar refractivity (Wildman–Crippen MR) is 150 cm³/mol. The van der Waals surface area contributed by atoms with Crippen molar-refractivity contribution in [3.05, 3.63) is 81.5 Å². The van der Waals surface area contributed by atoms with Crippen LogP contribution in [0.2, 0.25) is 0 Å². The van der Waals surface area contributed by atoms with Crippen molar-refractivity contribution in [2.75, 3.05) is 16.4 Å². The van der Waals surface area contributed by atoms with Crippen LogP contribution < -0.4 is 10.6 Å². The van der Waals surface area contributed by atoms with Crippen molar-refractivity contribution in [1.29, 1.82) is 5.26 Å². The van der Waals surface area contributed by atoms with Gasteiger partial charge in [0.25, 0.3) is 0 Å². The van der Waals surface area contributed by atoms with Gasteiger partial charge in [0.1, 0.15) is 11.1 Å². The van der Waals surface area contributed by atoms with E-state index < -0.39 is 0 Å². The van der Waals surface area contributed by atoms with Gasteiger partial charge in [0.2, 0.25) is 5.91 Å². The van der Waals surface area contributed by atoms with E-state index >= 15 is 0 Å². The molecule has 1 amide bonds. The fraction of sp³-hybridized carbons (Fsp3) is 0.286. The van der Waals surface area contributed by atoms with Crippen molar-refractivity contribution in [3.8, 4) is 11.8 Å². The molecule has 2 aromatic carbocycles. The summed E-state index contributed by atoms with van der Waals surface area (Å²) in [6.07, 6.45) is 4.13. The molecule has 7 nitrogen and oxygen atoms in total. The first-order chi connectivity index (χ1) is 18.0. The van der Waals surface area contributed by atoms with Crippen LogP contribution in [0.5, 0.6) is 0 Å². The summed E-state index contributed by atoms with van der Waals surface area (Å²) in [6.45, 7) is 4.60. The maximum atomic E-state index is 12.9. The highest BCUT2D eigenvalue weighted by molar-refractivity contribution is 7.99. The van der Waals surface area contributed by atoms with Gasteiger partial charge in [-0.1, -0.05) is 47.2 Å². The molecule has 2 aromatic heterocycles. The number of thiophene rings is 1. The zero-order chi connectivity index (χ0) is 25.8. The first-order valence-electron chi connectivity index (χ1n) is 12.3. The molecule has 4 aromatic rings. The quantitative estimate of drug-likeness (QED) is 0.271. The zero-order valence-electron chi connectivity index (χ0n) is 20.9. The number of hydrogen-bond acceptors (Lipinski definition) is 7. The van der Waals surface area contributed by atoms with Crippen LogP contribution in [0, 0.1) is 25.2 Å². The molecular weight excluding hydrogens is 500 g/mol. The van der Waals surface area contributed by atoms with Crippen LogP contribution in [-0.4, -0.2) is 26.4 Å². The van der Waals surface area contributed by atoms with Gasteiger partial charge < -0.3 is 10.6 Å². The number of carbonyl (C=O) groups excluding carboxylic acids is 1. The molecule has 2 N–H and O–H groups in total. The number of benzene rings is 2. The lowest BCUT2D eigenvalue weighted by molar-refractivity contribution is -0.113. The second kappa shape index (κ2) is 11.2. The van der Waals surface area contributed by atoms with E-state index in [9.17, 15) is 10.1 Å². The van der Waals surface area contributed by atoms with Gasteiger partial charge in [0, 0.05) is 16.3 Å². The smallest absolute Gasteiger partial charge is 0.235 e.